The highest BCUT2D eigenvalue weighted by Gasteiger charge is 2.19. The van der Waals surface area contributed by atoms with Gasteiger partial charge in [0.05, 0.1) is 6.20 Å². The van der Waals surface area contributed by atoms with Crippen LogP contribution in [0.5, 0.6) is 0 Å². The molecule has 0 radical (unpaired) electrons. The van der Waals surface area contributed by atoms with Crippen molar-refractivity contribution in [3.05, 3.63) is 47.2 Å². The molecule has 24 heavy (non-hydrogen) atoms. The van der Waals surface area contributed by atoms with Crippen molar-refractivity contribution < 1.29 is 0 Å². The highest BCUT2D eigenvalue weighted by Crippen LogP contribution is 2.28. The summed E-state index contributed by atoms with van der Waals surface area (Å²) in [4.78, 5) is 9.48. The summed E-state index contributed by atoms with van der Waals surface area (Å²) in [6, 6.07) is 9.95. The molecule has 0 saturated carbocycles. The van der Waals surface area contributed by atoms with E-state index in [4.69, 9.17) is 16.6 Å². The largest absolute Gasteiger partial charge is 0.354 e. The topological polar surface area (TPSA) is 36.7 Å². The summed E-state index contributed by atoms with van der Waals surface area (Å²) >= 11 is 6.01. The number of halogens is 1. The van der Waals surface area contributed by atoms with E-state index in [1.54, 1.807) is 0 Å². The average Bonchev–Trinajstić information content (AvgIpc) is 2.99. The van der Waals surface area contributed by atoms with Gasteiger partial charge in [-0.15, -0.1) is 0 Å². The maximum atomic E-state index is 6.01. The summed E-state index contributed by atoms with van der Waals surface area (Å²) in [6.45, 7) is 6.18. The number of aromatic nitrogens is 3. The Hall–Kier alpha value is -2.11. The van der Waals surface area contributed by atoms with Gasteiger partial charge >= 0.3 is 0 Å². The molecule has 0 unspecified atom stereocenters. The zero-order valence-electron chi connectivity index (χ0n) is 13.9. The van der Waals surface area contributed by atoms with Crippen LogP contribution in [0.25, 0.3) is 16.8 Å². The van der Waals surface area contributed by atoms with E-state index in [0.717, 1.165) is 59.5 Å². The molecule has 3 heterocycles. The maximum Gasteiger partial charge on any atom is 0.165 e. The van der Waals surface area contributed by atoms with Crippen LogP contribution in [0, 0.1) is 6.92 Å². The number of hydrogen-bond donors (Lipinski definition) is 0. The van der Waals surface area contributed by atoms with Crippen LogP contribution in [0.15, 0.2) is 36.5 Å². The van der Waals surface area contributed by atoms with Gasteiger partial charge in [0.15, 0.2) is 5.65 Å². The SMILES string of the molecule is Cc1cc(N2CCN(C)CC2)n2ncc(-c3ccc(Cl)cc3)c2n1. The fourth-order valence-electron chi connectivity index (χ4n) is 3.16. The van der Waals surface area contributed by atoms with Crippen molar-refractivity contribution in [1.82, 2.24) is 19.5 Å². The van der Waals surface area contributed by atoms with Crippen LogP contribution in [0.1, 0.15) is 5.69 Å². The zero-order valence-corrected chi connectivity index (χ0v) is 14.7. The third kappa shape index (κ3) is 2.74. The van der Waals surface area contributed by atoms with Crippen molar-refractivity contribution in [2.45, 2.75) is 6.92 Å². The highest BCUT2D eigenvalue weighted by atomic mass is 35.5. The van der Waals surface area contributed by atoms with E-state index in [0.29, 0.717) is 0 Å². The molecule has 4 rings (SSSR count). The first-order valence-corrected chi connectivity index (χ1v) is 8.54. The summed E-state index contributed by atoms with van der Waals surface area (Å²) < 4.78 is 1.96. The minimum atomic E-state index is 0.734. The summed E-state index contributed by atoms with van der Waals surface area (Å²) in [5.41, 5.74) is 4.01. The zero-order chi connectivity index (χ0) is 16.7. The quantitative estimate of drug-likeness (QED) is 0.717. The first kappa shape index (κ1) is 15.4. The number of likely N-dealkylation sites (N-methyl/N-ethyl adjacent to an activating group) is 1. The molecule has 1 aliphatic heterocycles. The molecule has 2 aromatic heterocycles. The van der Waals surface area contributed by atoms with Crippen LogP contribution in [0.2, 0.25) is 5.02 Å². The van der Waals surface area contributed by atoms with Gasteiger partial charge < -0.3 is 9.80 Å². The Morgan fingerprint density at radius 1 is 1.04 bits per heavy atom. The van der Waals surface area contributed by atoms with Gasteiger partial charge in [0.25, 0.3) is 0 Å². The monoisotopic (exact) mass is 341 g/mol. The van der Waals surface area contributed by atoms with Crippen LogP contribution in [0.3, 0.4) is 0 Å². The molecule has 1 saturated heterocycles. The smallest absolute Gasteiger partial charge is 0.165 e. The van der Waals surface area contributed by atoms with Gasteiger partial charge in [0.2, 0.25) is 0 Å². The normalized spacial score (nSPS) is 16.0. The number of rotatable bonds is 2. The molecule has 1 aliphatic rings. The number of hydrogen-bond acceptors (Lipinski definition) is 4. The van der Waals surface area contributed by atoms with Crippen molar-refractivity contribution >= 4 is 23.1 Å². The van der Waals surface area contributed by atoms with Crippen molar-refractivity contribution in [3.8, 4) is 11.1 Å². The van der Waals surface area contributed by atoms with E-state index in [2.05, 4.69) is 28.0 Å². The maximum absolute atomic E-state index is 6.01. The molecule has 6 heteroatoms. The summed E-state index contributed by atoms with van der Waals surface area (Å²) in [5, 5.41) is 5.35. The summed E-state index contributed by atoms with van der Waals surface area (Å²) in [5.74, 6) is 1.12. The van der Waals surface area contributed by atoms with E-state index in [9.17, 15) is 0 Å². The van der Waals surface area contributed by atoms with E-state index in [1.807, 2.05) is 41.9 Å². The van der Waals surface area contributed by atoms with E-state index >= 15 is 0 Å². The third-order valence-electron chi connectivity index (χ3n) is 4.56. The lowest BCUT2D eigenvalue weighted by Crippen LogP contribution is -2.45. The van der Waals surface area contributed by atoms with Crippen molar-refractivity contribution in [3.63, 3.8) is 0 Å². The van der Waals surface area contributed by atoms with Gasteiger partial charge in [-0.2, -0.15) is 9.61 Å². The molecule has 0 atom stereocenters. The molecule has 3 aromatic rings. The second-order valence-corrected chi connectivity index (χ2v) is 6.78. The highest BCUT2D eigenvalue weighted by molar-refractivity contribution is 6.30. The average molecular weight is 342 g/mol. The predicted molar refractivity (Wildman–Crippen MR) is 97.9 cm³/mol. The number of anilines is 1. The molecule has 0 aliphatic carbocycles. The second-order valence-electron chi connectivity index (χ2n) is 6.35. The third-order valence-corrected chi connectivity index (χ3v) is 4.82. The molecule has 0 spiro atoms. The molecule has 0 amide bonds. The molecule has 124 valence electrons. The first-order chi connectivity index (χ1) is 11.6. The fraction of sp³-hybridized carbons (Fsp3) is 0.333. The number of piperazine rings is 1. The molecule has 5 nitrogen and oxygen atoms in total. The van der Waals surface area contributed by atoms with Crippen LogP contribution < -0.4 is 4.90 Å². The second kappa shape index (κ2) is 6.07. The van der Waals surface area contributed by atoms with Crippen LogP contribution in [-0.2, 0) is 0 Å². The Morgan fingerprint density at radius 2 is 1.75 bits per heavy atom. The Morgan fingerprint density at radius 3 is 2.46 bits per heavy atom. The Balaban J connectivity index is 1.81. The molecule has 1 aromatic carbocycles. The molecule has 0 N–H and O–H groups in total. The number of aryl methyl sites for hydroxylation is 1. The van der Waals surface area contributed by atoms with E-state index < -0.39 is 0 Å². The van der Waals surface area contributed by atoms with Crippen molar-refractivity contribution in [2.24, 2.45) is 0 Å². The summed E-state index contributed by atoms with van der Waals surface area (Å²) in [6.07, 6.45) is 1.89. The molecular formula is C18H20ClN5. The fourth-order valence-corrected chi connectivity index (χ4v) is 3.28. The molecule has 1 fully saturated rings. The van der Waals surface area contributed by atoms with E-state index in [1.165, 1.54) is 0 Å². The number of nitrogens with zero attached hydrogens (tertiary/aromatic N) is 5. The lowest BCUT2D eigenvalue weighted by molar-refractivity contribution is 0.311. The Labute approximate surface area is 146 Å². The van der Waals surface area contributed by atoms with Gasteiger partial charge in [-0.3, -0.25) is 0 Å². The van der Waals surface area contributed by atoms with Gasteiger partial charge in [-0.25, -0.2) is 4.98 Å². The first-order valence-electron chi connectivity index (χ1n) is 8.16. The van der Waals surface area contributed by atoms with Gasteiger partial charge in [0, 0.05) is 48.5 Å². The Kier molecular flexibility index (Phi) is 3.90. The van der Waals surface area contributed by atoms with Crippen LogP contribution >= 0.6 is 11.6 Å². The Bertz CT molecular complexity index is 863. The minimum Gasteiger partial charge on any atom is -0.354 e. The minimum absolute atomic E-state index is 0.734. The van der Waals surface area contributed by atoms with Gasteiger partial charge in [0.1, 0.15) is 5.82 Å². The summed E-state index contributed by atoms with van der Waals surface area (Å²) in [7, 11) is 2.16. The van der Waals surface area contributed by atoms with Gasteiger partial charge in [-0.1, -0.05) is 23.7 Å². The van der Waals surface area contributed by atoms with Crippen molar-refractivity contribution in [1.29, 1.82) is 0 Å². The van der Waals surface area contributed by atoms with Crippen LogP contribution in [-0.4, -0.2) is 52.7 Å². The number of benzene rings is 1. The standard InChI is InChI=1S/C18H20ClN5/c1-13-11-17(23-9-7-22(2)8-10-23)24-18(21-13)16(12-20-24)14-3-5-15(19)6-4-14/h3-6,11-12H,7-10H2,1-2H3. The molecular weight excluding hydrogens is 322 g/mol. The van der Waals surface area contributed by atoms with Gasteiger partial charge in [-0.05, 0) is 31.7 Å². The van der Waals surface area contributed by atoms with E-state index in [-0.39, 0.29) is 0 Å². The van der Waals surface area contributed by atoms with Crippen LogP contribution in [0.4, 0.5) is 5.82 Å². The lowest BCUT2D eigenvalue weighted by Gasteiger charge is -2.34. The van der Waals surface area contributed by atoms with Crippen molar-refractivity contribution in [2.75, 3.05) is 38.1 Å². The number of fused-ring (bicyclic) bond motifs is 1. The predicted octanol–water partition coefficient (Wildman–Crippen LogP) is 3.11. The molecule has 0 bridgehead atoms. The lowest BCUT2D eigenvalue weighted by atomic mass is 10.1.